The van der Waals surface area contributed by atoms with Gasteiger partial charge in [0.15, 0.2) is 0 Å². The first-order valence-corrected chi connectivity index (χ1v) is 5.75. The second-order valence-corrected chi connectivity index (χ2v) is 4.24. The maximum absolute atomic E-state index is 9.57. The number of rotatable bonds is 1. The van der Waals surface area contributed by atoms with Gasteiger partial charge in [-0.15, -0.1) is 0 Å². The average Bonchev–Trinajstić information content (AvgIpc) is 2.41. The van der Waals surface area contributed by atoms with Crippen molar-refractivity contribution >= 4 is 10.9 Å². The molecule has 0 aliphatic rings. The molecule has 3 heteroatoms. The molecule has 0 radical (unpaired) electrons. The summed E-state index contributed by atoms with van der Waals surface area (Å²) in [4.78, 5) is 8.60. The molecule has 0 aliphatic carbocycles. The van der Waals surface area contributed by atoms with Crippen LogP contribution in [0.3, 0.4) is 0 Å². The predicted octanol–water partition coefficient (Wildman–Crippen LogP) is 3.31. The van der Waals surface area contributed by atoms with Crippen LogP contribution in [0.4, 0.5) is 0 Å². The highest BCUT2D eigenvalue weighted by Gasteiger charge is 2.07. The number of benzene rings is 2. The van der Waals surface area contributed by atoms with Crippen LogP contribution >= 0.6 is 0 Å². The third-order valence-corrected chi connectivity index (χ3v) is 3.01. The van der Waals surface area contributed by atoms with Crippen LogP contribution in [0.1, 0.15) is 5.56 Å². The van der Waals surface area contributed by atoms with Crippen molar-refractivity contribution in [1.82, 2.24) is 9.97 Å². The Kier molecular flexibility index (Phi) is 2.45. The molecular weight excluding hydrogens is 224 g/mol. The van der Waals surface area contributed by atoms with Crippen molar-refractivity contribution in [2.45, 2.75) is 6.92 Å². The number of hydrogen-bond acceptors (Lipinski definition) is 3. The quantitative estimate of drug-likeness (QED) is 0.705. The molecule has 2 aromatic carbocycles. The molecule has 1 aromatic heterocycles. The summed E-state index contributed by atoms with van der Waals surface area (Å²) < 4.78 is 0. The molecule has 0 atom stereocenters. The van der Waals surface area contributed by atoms with Gasteiger partial charge in [-0.2, -0.15) is 0 Å². The van der Waals surface area contributed by atoms with Crippen molar-refractivity contribution in [2.75, 3.05) is 0 Å². The minimum absolute atomic E-state index is 0.303. The molecule has 0 aliphatic heterocycles. The van der Waals surface area contributed by atoms with Crippen molar-refractivity contribution in [1.29, 1.82) is 0 Å². The number of hydrogen-bond donors (Lipinski definition) is 1. The normalized spacial score (nSPS) is 10.7. The third-order valence-electron chi connectivity index (χ3n) is 3.01. The molecular formula is C15H12N2O. The van der Waals surface area contributed by atoms with Crippen molar-refractivity contribution in [2.24, 2.45) is 0 Å². The molecule has 0 unspecified atom stereocenters. The summed E-state index contributed by atoms with van der Waals surface area (Å²) in [7, 11) is 0. The Morgan fingerprint density at radius 3 is 2.67 bits per heavy atom. The zero-order chi connectivity index (χ0) is 12.5. The number of phenols is 1. The average molecular weight is 236 g/mol. The van der Waals surface area contributed by atoms with Crippen LogP contribution in [0.25, 0.3) is 22.2 Å². The maximum atomic E-state index is 9.57. The summed E-state index contributed by atoms with van der Waals surface area (Å²) in [5.74, 6) is 0.303. The van der Waals surface area contributed by atoms with Crippen LogP contribution in [0.5, 0.6) is 5.75 Å². The molecule has 3 rings (SSSR count). The number of aromatic nitrogens is 2. The van der Waals surface area contributed by atoms with E-state index in [1.807, 2.05) is 43.3 Å². The van der Waals surface area contributed by atoms with Gasteiger partial charge in [0, 0.05) is 10.9 Å². The van der Waals surface area contributed by atoms with Gasteiger partial charge in [-0.05, 0) is 36.8 Å². The van der Waals surface area contributed by atoms with Gasteiger partial charge < -0.3 is 5.11 Å². The molecule has 18 heavy (non-hydrogen) atoms. The number of phenolic OH excluding ortho intramolecular Hbond substituents is 1. The van der Waals surface area contributed by atoms with E-state index in [1.54, 1.807) is 12.4 Å². The lowest BCUT2D eigenvalue weighted by atomic mass is 10.0. The first-order valence-electron chi connectivity index (χ1n) is 5.75. The molecule has 0 fully saturated rings. The molecule has 0 saturated heterocycles. The van der Waals surface area contributed by atoms with E-state index in [1.165, 1.54) is 0 Å². The van der Waals surface area contributed by atoms with Crippen molar-refractivity contribution < 1.29 is 5.11 Å². The molecule has 0 amide bonds. The van der Waals surface area contributed by atoms with Crippen molar-refractivity contribution in [3.8, 4) is 17.0 Å². The number of aryl methyl sites for hydroxylation is 1. The zero-order valence-electron chi connectivity index (χ0n) is 9.96. The summed E-state index contributed by atoms with van der Waals surface area (Å²) in [6.07, 6.45) is 1.57. The lowest BCUT2D eigenvalue weighted by Gasteiger charge is -2.06. The fourth-order valence-corrected chi connectivity index (χ4v) is 2.04. The molecule has 1 N–H and O–H groups in total. The van der Waals surface area contributed by atoms with E-state index in [0.29, 0.717) is 5.75 Å². The Balaban J connectivity index is 2.28. The van der Waals surface area contributed by atoms with E-state index in [4.69, 9.17) is 0 Å². The highest BCUT2D eigenvalue weighted by atomic mass is 16.3. The van der Waals surface area contributed by atoms with Crippen LogP contribution in [0.15, 0.2) is 48.8 Å². The van der Waals surface area contributed by atoms with Crippen LogP contribution in [-0.2, 0) is 0 Å². The summed E-state index contributed by atoms with van der Waals surface area (Å²) in [6.45, 7) is 1.88. The lowest BCUT2D eigenvalue weighted by molar-refractivity contribution is 0.471. The Morgan fingerprint density at radius 2 is 1.83 bits per heavy atom. The topological polar surface area (TPSA) is 46.0 Å². The first kappa shape index (κ1) is 10.7. The lowest BCUT2D eigenvalue weighted by Crippen LogP contribution is -1.89. The second-order valence-electron chi connectivity index (χ2n) is 4.24. The number of fused-ring (bicyclic) bond motifs is 1. The molecule has 88 valence electrons. The highest BCUT2D eigenvalue weighted by Crippen LogP contribution is 2.28. The fraction of sp³-hybridized carbons (Fsp3) is 0.0667. The Morgan fingerprint density at radius 1 is 1.00 bits per heavy atom. The monoisotopic (exact) mass is 236 g/mol. The molecule has 3 nitrogen and oxygen atoms in total. The minimum Gasteiger partial charge on any atom is -0.508 e. The number of para-hydroxylation sites is 1. The van der Waals surface area contributed by atoms with E-state index in [9.17, 15) is 5.11 Å². The summed E-state index contributed by atoms with van der Waals surface area (Å²) in [6, 6.07) is 13.4. The number of nitrogens with zero attached hydrogens (tertiary/aromatic N) is 2. The SMILES string of the molecule is Cc1cc(-c2ncnc3ccccc23)ccc1O. The van der Waals surface area contributed by atoms with Gasteiger partial charge in [0.1, 0.15) is 12.1 Å². The molecule has 0 spiro atoms. The molecule has 3 aromatic rings. The van der Waals surface area contributed by atoms with Crippen LogP contribution in [0, 0.1) is 6.92 Å². The van der Waals surface area contributed by atoms with E-state index < -0.39 is 0 Å². The Labute approximate surface area is 105 Å². The van der Waals surface area contributed by atoms with Gasteiger partial charge in [-0.3, -0.25) is 0 Å². The van der Waals surface area contributed by atoms with E-state index in [2.05, 4.69) is 9.97 Å². The van der Waals surface area contributed by atoms with Crippen LogP contribution < -0.4 is 0 Å². The van der Waals surface area contributed by atoms with E-state index in [0.717, 1.165) is 27.7 Å². The number of aromatic hydroxyl groups is 1. The standard InChI is InChI=1S/C15H12N2O/c1-10-8-11(6-7-14(10)18)15-12-4-2-3-5-13(12)16-9-17-15/h2-9,18H,1H3. The maximum Gasteiger partial charge on any atom is 0.118 e. The third kappa shape index (κ3) is 1.70. The van der Waals surface area contributed by atoms with Crippen LogP contribution in [-0.4, -0.2) is 15.1 Å². The first-order chi connectivity index (χ1) is 8.75. The van der Waals surface area contributed by atoms with Gasteiger partial charge in [-0.1, -0.05) is 18.2 Å². The van der Waals surface area contributed by atoms with Gasteiger partial charge in [0.2, 0.25) is 0 Å². The smallest absolute Gasteiger partial charge is 0.118 e. The zero-order valence-corrected chi connectivity index (χ0v) is 9.96. The fourth-order valence-electron chi connectivity index (χ4n) is 2.04. The van der Waals surface area contributed by atoms with E-state index in [-0.39, 0.29) is 0 Å². The Bertz CT molecular complexity index is 717. The summed E-state index contributed by atoms with van der Waals surface area (Å²) in [5, 5.41) is 10.6. The second kappa shape index (κ2) is 4.11. The predicted molar refractivity (Wildman–Crippen MR) is 71.4 cm³/mol. The van der Waals surface area contributed by atoms with Gasteiger partial charge in [0.25, 0.3) is 0 Å². The van der Waals surface area contributed by atoms with Crippen molar-refractivity contribution in [3.05, 3.63) is 54.4 Å². The molecule has 1 heterocycles. The minimum atomic E-state index is 0.303. The van der Waals surface area contributed by atoms with Gasteiger partial charge in [-0.25, -0.2) is 9.97 Å². The highest BCUT2D eigenvalue weighted by molar-refractivity contribution is 5.92. The van der Waals surface area contributed by atoms with Crippen molar-refractivity contribution in [3.63, 3.8) is 0 Å². The summed E-state index contributed by atoms with van der Waals surface area (Å²) in [5.41, 5.74) is 3.65. The largest absolute Gasteiger partial charge is 0.508 e. The summed E-state index contributed by atoms with van der Waals surface area (Å²) >= 11 is 0. The van der Waals surface area contributed by atoms with Gasteiger partial charge in [0.05, 0.1) is 11.2 Å². The van der Waals surface area contributed by atoms with Gasteiger partial charge >= 0.3 is 0 Å². The Hall–Kier alpha value is -2.42. The van der Waals surface area contributed by atoms with E-state index >= 15 is 0 Å². The molecule has 0 bridgehead atoms. The molecule has 0 saturated carbocycles. The van der Waals surface area contributed by atoms with Crippen LogP contribution in [0.2, 0.25) is 0 Å².